The molecule has 0 fully saturated rings. The molecule has 2 aromatic rings. The molecular formula is C24H30Cl2N2O3. The van der Waals surface area contributed by atoms with Crippen molar-refractivity contribution in [1.29, 1.82) is 0 Å². The lowest BCUT2D eigenvalue weighted by Crippen LogP contribution is -2.50. The van der Waals surface area contributed by atoms with Crippen molar-refractivity contribution in [1.82, 2.24) is 10.2 Å². The molecule has 2 rings (SSSR count). The van der Waals surface area contributed by atoms with Crippen LogP contribution in [0.4, 0.5) is 0 Å². The zero-order valence-corrected chi connectivity index (χ0v) is 20.2. The summed E-state index contributed by atoms with van der Waals surface area (Å²) in [4.78, 5) is 27.4. The normalized spacial score (nSPS) is 12.7. The first-order valence-electron chi connectivity index (χ1n) is 10.4. The van der Waals surface area contributed by atoms with E-state index in [2.05, 4.69) is 5.32 Å². The Kier molecular flexibility index (Phi) is 9.20. The smallest absolute Gasteiger partial charge is 0.261 e. The number of hydrogen-bond donors (Lipinski definition) is 1. The number of halogens is 2. The molecule has 168 valence electrons. The predicted molar refractivity (Wildman–Crippen MR) is 126 cm³/mol. The van der Waals surface area contributed by atoms with Crippen molar-refractivity contribution in [3.05, 3.63) is 63.1 Å². The van der Waals surface area contributed by atoms with Crippen LogP contribution < -0.4 is 10.1 Å². The molecule has 0 unspecified atom stereocenters. The SMILES string of the molecule is CC[C@@H](C)NC(=O)[C@H](C)N(Cc1c(Cl)cccc1Cl)C(=O)COc1cc(C)ccc1C. The fourth-order valence-electron chi connectivity index (χ4n) is 2.99. The Bertz CT molecular complexity index is 913. The van der Waals surface area contributed by atoms with E-state index in [9.17, 15) is 9.59 Å². The maximum atomic E-state index is 13.2. The molecule has 0 saturated heterocycles. The molecule has 2 amide bonds. The highest BCUT2D eigenvalue weighted by Crippen LogP contribution is 2.27. The Hall–Kier alpha value is -2.24. The maximum Gasteiger partial charge on any atom is 0.261 e. The molecule has 0 spiro atoms. The lowest BCUT2D eigenvalue weighted by molar-refractivity contribution is -0.142. The van der Waals surface area contributed by atoms with Crippen LogP contribution >= 0.6 is 23.2 Å². The molecule has 0 heterocycles. The van der Waals surface area contributed by atoms with Crippen molar-refractivity contribution in [3.63, 3.8) is 0 Å². The highest BCUT2D eigenvalue weighted by molar-refractivity contribution is 6.36. The first kappa shape index (κ1) is 25.0. The topological polar surface area (TPSA) is 58.6 Å². The van der Waals surface area contributed by atoms with Gasteiger partial charge in [0.15, 0.2) is 6.61 Å². The van der Waals surface area contributed by atoms with Gasteiger partial charge in [0.05, 0.1) is 0 Å². The van der Waals surface area contributed by atoms with E-state index in [1.54, 1.807) is 25.1 Å². The zero-order valence-electron chi connectivity index (χ0n) is 18.7. The molecule has 7 heteroatoms. The van der Waals surface area contributed by atoms with Crippen LogP contribution in [0.5, 0.6) is 5.75 Å². The van der Waals surface area contributed by atoms with Gasteiger partial charge in [0.25, 0.3) is 5.91 Å². The number of carbonyl (C=O) groups excluding carboxylic acids is 2. The number of benzene rings is 2. The number of amides is 2. The third kappa shape index (κ3) is 6.88. The molecule has 2 atom stereocenters. The quantitative estimate of drug-likeness (QED) is 0.545. The molecule has 0 bridgehead atoms. The summed E-state index contributed by atoms with van der Waals surface area (Å²) in [5.74, 6) is 0.0714. The molecule has 5 nitrogen and oxygen atoms in total. The highest BCUT2D eigenvalue weighted by atomic mass is 35.5. The van der Waals surface area contributed by atoms with Gasteiger partial charge >= 0.3 is 0 Å². The summed E-state index contributed by atoms with van der Waals surface area (Å²) in [7, 11) is 0. The Morgan fingerprint density at radius 1 is 1.10 bits per heavy atom. The van der Waals surface area contributed by atoms with Gasteiger partial charge in [-0.15, -0.1) is 0 Å². The second-order valence-corrected chi connectivity index (χ2v) is 8.59. The molecule has 31 heavy (non-hydrogen) atoms. The highest BCUT2D eigenvalue weighted by Gasteiger charge is 2.28. The van der Waals surface area contributed by atoms with Crippen LogP contribution in [0.2, 0.25) is 10.0 Å². The Balaban J connectivity index is 2.26. The van der Waals surface area contributed by atoms with Gasteiger partial charge in [-0.2, -0.15) is 0 Å². The number of rotatable bonds is 9. The van der Waals surface area contributed by atoms with Crippen LogP contribution in [-0.2, 0) is 16.1 Å². The number of aryl methyl sites for hydroxylation is 2. The fourth-order valence-corrected chi connectivity index (χ4v) is 3.50. The number of hydrogen-bond acceptors (Lipinski definition) is 3. The molecule has 0 aliphatic rings. The predicted octanol–water partition coefficient (Wildman–Crippen LogP) is 5.32. The van der Waals surface area contributed by atoms with Crippen LogP contribution in [0.25, 0.3) is 0 Å². The monoisotopic (exact) mass is 464 g/mol. The summed E-state index contributed by atoms with van der Waals surface area (Å²) in [5.41, 5.74) is 2.56. The van der Waals surface area contributed by atoms with E-state index in [-0.39, 0.29) is 31.0 Å². The third-order valence-electron chi connectivity index (χ3n) is 5.25. The van der Waals surface area contributed by atoms with Crippen molar-refractivity contribution >= 4 is 35.0 Å². The molecule has 0 aliphatic carbocycles. The van der Waals surface area contributed by atoms with E-state index in [4.69, 9.17) is 27.9 Å². The summed E-state index contributed by atoms with van der Waals surface area (Å²) in [5, 5.41) is 3.81. The molecular weight excluding hydrogens is 435 g/mol. The molecule has 0 radical (unpaired) electrons. The van der Waals surface area contributed by atoms with Gasteiger partial charge < -0.3 is 15.0 Å². The first-order chi connectivity index (χ1) is 14.6. The Labute approximate surface area is 194 Å². The minimum Gasteiger partial charge on any atom is -0.483 e. The van der Waals surface area contributed by atoms with Gasteiger partial charge in [-0.1, -0.05) is 48.3 Å². The van der Waals surface area contributed by atoms with Crippen LogP contribution in [0, 0.1) is 13.8 Å². The van der Waals surface area contributed by atoms with E-state index >= 15 is 0 Å². The largest absolute Gasteiger partial charge is 0.483 e. The average Bonchev–Trinajstić information content (AvgIpc) is 2.73. The van der Waals surface area contributed by atoms with Crippen molar-refractivity contribution in [3.8, 4) is 5.75 Å². The van der Waals surface area contributed by atoms with Crippen LogP contribution in [0.1, 0.15) is 43.9 Å². The van der Waals surface area contributed by atoms with Crippen molar-refractivity contribution in [2.24, 2.45) is 0 Å². The average molecular weight is 465 g/mol. The molecule has 0 saturated carbocycles. The molecule has 2 aromatic carbocycles. The van der Waals surface area contributed by atoms with Gasteiger partial charge in [-0.05, 0) is 63.4 Å². The number of ether oxygens (including phenoxy) is 1. The number of carbonyl (C=O) groups is 2. The Morgan fingerprint density at radius 2 is 1.74 bits per heavy atom. The van der Waals surface area contributed by atoms with Crippen LogP contribution in [-0.4, -0.2) is 35.4 Å². The summed E-state index contributed by atoms with van der Waals surface area (Å²) in [6.45, 7) is 9.38. The van der Waals surface area contributed by atoms with Gasteiger partial charge in [-0.3, -0.25) is 9.59 Å². The molecule has 1 N–H and O–H groups in total. The minimum atomic E-state index is -0.726. The lowest BCUT2D eigenvalue weighted by atomic mass is 10.1. The van der Waals surface area contributed by atoms with E-state index in [1.165, 1.54) is 4.90 Å². The van der Waals surface area contributed by atoms with Gasteiger partial charge in [0.2, 0.25) is 5.91 Å². The van der Waals surface area contributed by atoms with Gasteiger partial charge in [-0.25, -0.2) is 0 Å². The van der Waals surface area contributed by atoms with Crippen molar-refractivity contribution < 1.29 is 14.3 Å². The molecule has 0 aromatic heterocycles. The summed E-state index contributed by atoms with van der Waals surface area (Å²) < 4.78 is 5.80. The van der Waals surface area contributed by atoms with Crippen LogP contribution in [0.15, 0.2) is 36.4 Å². The molecule has 0 aliphatic heterocycles. The Morgan fingerprint density at radius 3 is 2.35 bits per heavy atom. The first-order valence-corrected chi connectivity index (χ1v) is 11.1. The maximum absolute atomic E-state index is 13.2. The van der Waals surface area contributed by atoms with E-state index in [0.29, 0.717) is 21.4 Å². The summed E-state index contributed by atoms with van der Waals surface area (Å²) in [6.07, 6.45) is 0.790. The second kappa shape index (κ2) is 11.4. The van der Waals surface area contributed by atoms with E-state index < -0.39 is 6.04 Å². The van der Waals surface area contributed by atoms with Crippen LogP contribution in [0.3, 0.4) is 0 Å². The summed E-state index contributed by atoms with van der Waals surface area (Å²) >= 11 is 12.7. The number of nitrogens with one attached hydrogen (secondary N) is 1. The second-order valence-electron chi connectivity index (χ2n) is 7.77. The zero-order chi connectivity index (χ0) is 23.1. The summed E-state index contributed by atoms with van der Waals surface area (Å²) in [6, 6.07) is 10.2. The van der Waals surface area contributed by atoms with Gasteiger partial charge in [0.1, 0.15) is 11.8 Å². The van der Waals surface area contributed by atoms with E-state index in [1.807, 2.05) is 45.9 Å². The minimum absolute atomic E-state index is 0.00185. The third-order valence-corrected chi connectivity index (χ3v) is 5.96. The standard InChI is InChI=1S/C24H30Cl2N2O3/c1-6-17(4)27-24(30)18(5)28(13-19-20(25)8-7-9-21(19)26)23(29)14-31-22-12-15(2)10-11-16(22)3/h7-12,17-18H,6,13-14H2,1-5H3,(H,27,30)/t17-,18+/m1/s1. The van der Waals surface area contributed by atoms with Crippen molar-refractivity contribution in [2.75, 3.05) is 6.61 Å². The lowest BCUT2D eigenvalue weighted by Gasteiger charge is -2.30. The number of nitrogens with zero attached hydrogens (tertiary/aromatic N) is 1. The van der Waals surface area contributed by atoms with Crippen molar-refractivity contribution in [2.45, 2.75) is 59.7 Å². The van der Waals surface area contributed by atoms with Gasteiger partial charge in [0, 0.05) is 28.2 Å². The fraction of sp³-hybridized carbons (Fsp3) is 0.417. The van der Waals surface area contributed by atoms with E-state index in [0.717, 1.165) is 17.5 Å².